The van der Waals surface area contributed by atoms with Gasteiger partial charge in [-0.3, -0.25) is 4.90 Å². The average Bonchev–Trinajstić information content (AvgIpc) is 2.77. The Balaban J connectivity index is 1.62. The van der Waals surface area contributed by atoms with E-state index in [4.69, 9.17) is 27.9 Å². The molecule has 4 rings (SSSR count). The van der Waals surface area contributed by atoms with Crippen molar-refractivity contribution in [2.24, 2.45) is 0 Å². The molecule has 150 valence electrons. The molecule has 0 spiro atoms. The van der Waals surface area contributed by atoms with E-state index in [9.17, 15) is 0 Å². The van der Waals surface area contributed by atoms with Gasteiger partial charge in [0.05, 0.1) is 16.1 Å². The second kappa shape index (κ2) is 9.64. The van der Waals surface area contributed by atoms with E-state index < -0.39 is 0 Å². The van der Waals surface area contributed by atoms with E-state index in [1.807, 2.05) is 36.4 Å². The van der Waals surface area contributed by atoms with Gasteiger partial charge in [-0.2, -0.15) is 0 Å². The molecule has 3 aromatic carbocycles. The highest BCUT2D eigenvalue weighted by Gasteiger charge is 2.24. The zero-order chi connectivity index (χ0) is 20.1. The SMILES string of the molecule is Clc1ccc(C(c2cccc(OCc3ccccc3)c2)N2CCNCC2)cc1Cl. The van der Waals surface area contributed by atoms with Gasteiger partial charge in [0.15, 0.2) is 0 Å². The van der Waals surface area contributed by atoms with Crippen molar-refractivity contribution >= 4 is 23.2 Å². The zero-order valence-corrected chi connectivity index (χ0v) is 17.7. The van der Waals surface area contributed by atoms with Crippen LogP contribution >= 0.6 is 23.2 Å². The molecule has 0 amide bonds. The van der Waals surface area contributed by atoms with Gasteiger partial charge in [0.2, 0.25) is 0 Å². The van der Waals surface area contributed by atoms with Crippen molar-refractivity contribution in [3.05, 3.63) is 99.5 Å². The molecule has 0 saturated carbocycles. The van der Waals surface area contributed by atoms with Crippen molar-refractivity contribution in [3.8, 4) is 5.75 Å². The summed E-state index contributed by atoms with van der Waals surface area (Å²) in [6.07, 6.45) is 0. The maximum absolute atomic E-state index is 6.35. The fourth-order valence-corrected chi connectivity index (χ4v) is 4.06. The predicted molar refractivity (Wildman–Crippen MR) is 120 cm³/mol. The van der Waals surface area contributed by atoms with Gasteiger partial charge in [0, 0.05) is 26.2 Å². The third-order valence-corrected chi connectivity index (χ3v) is 5.94. The topological polar surface area (TPSA) is 24.5 Å². The summed E-state index contributed by atoms with van der Waals surface area (Å²) in [5.41, 5.74) is 3.48. The highest BCUT2D eigenvalue weighted by atomic mass is 35.5. The van der Waals surface area contributed by atoms with Crippen molar-refractivity contribution in [1.29, 1.82) is 0 Å². The van der Waals surface area contributed by atoms with Crippen molar-refractivity contribution < 1.29 is 4.74 Å². The van der Waals surface area contributed by atoms with E-state index in [-0.39, 0.29) is 6.04 Å². The summed E-state index contributed by atoms with van der Waals surface area (Å²) in [5.74, 6) is 0.867. The van der Waals surface area contributed by atoms with Gasteiger partial charge >= 0.3 is 0 Å². The lowest BCUT2D eigenvalue weighted by Gasteiger charge is -2.35. The van der Waals surface area contributed by atoms with Crippen LogP contribution in [0.15, 0.2) is 72.8 Å². The molecule has 5 heteroatoms. The first-order valence-corrected chi connectivity index (χ1v) is 10.6. The molecule has 0 aromatic heterocycles. The van der Waals surface area contributed by atoms with E-state index in [2.05, 4.69) is 46.6 Å². The number of hydrogen-bond acceptors (Lipinski definition) is 3. The van der Waals surface area contributed by atoms with Gasteiger partial charge in [-0.1, -0.05) is 71.7 Å². The van der Waals surface area contributed by atoms with Crippen LogP contribution in [0.3, 0.4) is 0 Å². The maximum atomic E-state index is 6.35. The third-order valence-electron chi connectivity index (χ3n) is 5.20. The van der Waals surface area contributed by atoms with Crippen LogP contribution in [-0.2, 0) is 6.61 Å². The van der Waals surface area contributed by atoms with Crippen molar-refractivity contribution in [1.82, 2.24) is 10.2 Å². The molecule has 1 atom stereocenters. The Labute approximate surface area is 182 Å². The van der Waals surface area contributed by atoms with Crippen molar-refractivity contribution in [2.75, 3.05) is 26.2 Å². The van der Waals surface area contributed by atoms with Crippen LogP contribution in [0.1, 0.15) is 22.7 Å². The summed E-state index contributed by atoms with van der Waals surface area (Å²) in [6.45, 7) is 4.44. The van der Waals surface area contributed by atoms with Crippen LogP contribution in [0.25, 0.3) is 0 Å². The Morgan fingerprint density at radius 2 is 1.59 bits per heavy atom. The van der Waals surface area contributed by atoms with Gasteiger partial charge in [-0.05, 0) is 41.0 Å². The first-order valence-electron chi connectivity index (χ1n) is 9.87. The summed E-state index contributed by atoms with van der Waals surface area (Å²) in [7, 11) is 0. The quantitative estimate of drug-likeness (QED) is 0.557. The minimum Gasteiger partial charge on any atom is -0.489 e. The van der Waals surface area contributed by atoms with Gasteiger partial charge in [0.1, 0.15) is 12.4 Å². The van der Waals surface area contributed by atoms with E-state index in [0.717, 1.165) is 43.1 Å². The number of halogens is 2. The van der Waals surface area contributed by atoms with Crippen LogP contribution in [0.4, 0.5) is 0 Å². The Morgan fingerprint density at radius 3 is 2.34 bits per heavy atom. The second-order valence-corrected chi connectivity index (χ2v) is 8.02. The molecule has 0 aliphatic carbocycles. The number of ether oxygens (including phenoxy) is 1. The van der Waals surface area contributed by atoms with Crippen molar-refractivity contribution in [2.45, 2.75) is 12.6 Å². The summed E-state index contributed by atoms with van der Waals surface area (Å²) in [5, 5.41) is 4.59. The number of piperazine rings is 1. The molecule has 1 aliphatic heterocycles. The second-order valence-electron chi connectivity index (χ2n) is 7.21. The first kappa shape index (κ1) is 20.2. The van der Waals surface area contributed by atoms with Gasteiger partial charge < -0.3 is 10.1 Å². The van der Waals surface area contributed by atoms with E-state index in [1.54, 1.807) is 0 Å². The summed E-state index contributed by atoms with van der Waals surface area (Å²) in [4.78, 5) is 2.48. The lowest BCUT2D eigenvalue weighted by molar-refractivity contribution is 0.198. The number of nitrogens with zero attached hydrogens (tertiary/aromatic N) is 1. The van der Waals surface area contributed by atoms with E-state index >= 15 is 0 Å². The van der Waals surface area contributed by atoms with Crippen LogP contribution in [0, 0.1) is 0 Å². The smallest absolute Gasteiger partial charge is 0.120 e. The van der Waals surface area contributed by atoms with Crippen LogP contribution in [0.2, 0.25) is 10.0 Å². The Kier molecular flexibility index (Phi) is 6.73. The minimum atomic E-state index is 0.104. The van der Waals surface area contributed by atoms with Gasteiger partial charge in [0.25, 0.3) is 0 Å². The molecular formula is C24H24Cl2N2O. The van der Waals surface area contributed by atoms with Gasteiger partial charge in [-0.15, -0.1) is 0 Å². The van der Waals surface area contributed by atoms with E-state index in [1.165, 1.54) is 5.56 Å². The molecule has 1 saturated heterocycles. The average molecular weight is 427 g/mol. The standard InChI is InChI=1S/C24H24Cl2N2O/c25-22-10-9-20(16-23(22)26)24(28-13-11-27-12-14-28)19-7-4-8-21(15-19)29-17-18-5-2-1-3-6-18/h1-10,15-16,24,27H,11-14,17H2. The first-order chi connectivity index (χ1) is 14.2. The molecule has 1 heterocycles. The van der Waals surface area contributed by atoms with Crippen LogP contribution < -0.4 is 10.1 Å². The number of rotatable bonds is 6. The molecule has 29 heavy (non-hydrogen) atoms. The van der Waals surface area contributed by atoms with E-state index in [0.29, 0.717) is 16.7 Å². The largest absolute Gasteiger partial charge is 0.489 e. The molecule has 3 nitrogen and oxygen atoms in total. The highest BCUT2D eigenvalue weighted by Crippen LogP contribution is 2.34. The minimum absolute atomic E-state index is 0.104. The molecule has 0 bridgehead atoms. The van der Waals surface area contributed by atoms with Crippen LogP contribution in [0.5, 0.6) is 5.75 Å². The molecule has 1 N–H and O–H groups in total. The Hall–Kier alpha value is -2.04. The number of nitrogens with one attached hydrogen (secondary N) is 1. The molecule has 1 fully saturated rings. The molecular weight excluding hydrogens is 403 g/mol. The lowest BCUT2D eigenvalue weighted by Crippen LogP contribution is -2.45. The molecule has 0 radical (unpaired) electrons. The highest BCUT2D eigenvalue weighted by molar-refractivity contribution is 6.42. The fraction of sp³-hybridized carbons (Fsp3) is 0.250. The zero-order valence-electron chi connectivity index (χ0n) is 16.2. The summed E-state index contributed by atoms with van der Waals surface area (Å²) in [6, 6.07) is 24.6. The third kappa shape index (κ3) is 5.12. The number of hydrogen-bond donors (Lipinski definition) is 1. The Bertz CT molecular complexity index is 943. The monoisotopic (exact) mass is 426 g/mol. The van der Waals surface area contributed by atoms with Gasteiger partial charge in [-0.25, -0.2) is 0 Å². The molecule has 1 unspecified atom stereocenters. The Morgan fingerprint density at radius 1 is 0.828 bits per heavy atom. The maximum Gasteiger partial charge on any atom is 0.120 e. The molecule has 1 aliphatic rings. The van der Waals surface area contributed by atoms with Crippen molar-refractivity contribution in [3.63, 3.8) is 0 Å². The summed E-state index contributed by atoms with van der Waals surface area (Å²) < 4.78 is 6.07. The van der Waals surface area contributed by atoms with Crippen LogP contribution in [-0.4, -0.2) is 31.1 Å². The predicted octanol–water partition coefficient (Wildman–Crippen LogP) is 5.57. The summed E-state index contributed by atoms with van der Waals surface area (Å²) >= 11 is 12.5. The number of benzene rings is 3. The lowest BCUT2D eigenvalue weighted by atomic mass is 9.96. The molecule has 3 aromatic rings. The fourth-order valence-electron chi connectivity index (χ4n) is 3.75. The normalized spacial score (nSPS) is 15.8.